The van der Waals surface area contributed by atoms with Gasteiger partial charge in [-0.1, -0.05) is 262 Å². The van der Waals surface area contributed by atoms with Crippen molar-refractivity contribution in [3.8, 4) is 0 Å². The first-order valence-electron chi connectivity index (χ1n) is 26.9. The summed E-state index contributed by atoms with van der Waals surface area (Å²) in [6, 6.07) is -0.641. The summed E-state index contributed by atoms with van der Waals surface area (Å²) in [4.78, 5) is 12.5. The molecule has 0 aromatic heterocycles. The van der Waals surface area contributed by atoms with E-state index in [9.17, 15) is 15.0 Å². The van der Waals surface area contributed by atoms with Gasteiger partial charge in [-0.25, -0.2) is 0 Å². The Labute approximate surface area is 375 Å². The molecule has 0 aromatic carbocycles. The van der Waals surface area contributed by atoms with E-state index in [1.807, 2.05) is 6.08 Å². The van der Waals surface area contributed by atoms with Crippen molar-refractivity contribution in [2.75, 3.05) is 6.61 Å². The van der Waals surface area contributed by atoms with Crippen LogP contribution in [0.25, 0.3) is 0 Å². The molecule has 0 heterocycles. The Kier molecular flexibility index (Phi) is 50.3. The smallest absolute Gasteiger partial charge is 0.220 e. The lowest BCUT2D eigenvalue weighted by Crippen LogP contribution is -2.45. The average Bonchev–Trinajstić information content (AvgIpc) is 3.25. The highest BCUT2D eigenvalue weighted by Gasteiger charge is 2.17. The molecule has 0 spiro atoms. The SMILES string of the molecule is CCCCCCC/C=C\C/C=C\CCCCCCCCCCCCCCCC(=O)NC(CO)C(O)/C=C/CC/C=C/CCCCCCCCCCCCCCCCCCC. The minimum atomic E-state index is -0.864. The van der Waals surface area contributed by atoms with Crippen molar-refractivity contribution in [1.82, 2.24) is 5.32 Å². The van der Waals surface area contributed by atoms with Gasteiger partial charge in [0.1, 0.15) is 0 Å². The molecule has 2 unspecified atom stereocenters. The fraction of sp³-hybridized carbons (Fsp3) is 0.839. The van der Waals surface area contributed by atoms with Gasteiger partial charge in [0.05, 0.1) is 18.8 Å². The fourth-order valence-electron chi connectivity index (χ4n) is 8.17. The van der Waals surface area contributed by atoms with Crippen molar-refractivity contribution < 1.29 is 15.0 Å². The predicted molar refractivity (Wildman–Crippen MR) is 267 cm³/mol. The molecule has 0 aliphatic rings. The standard InChI is InChI=1S/C56H105NO3/c1-3-5-7-9-11-13-15-17-19-21-23-25-27-28-30-32-34-36-38-40-42-44-46-48-50-52-56(60)57-54(53-58)55(59)51-49-47-45-43-41-39-37-35-33-31-29-26-24-22-20-18-16-14-12-10-8-6-4-2/h15,17,21,23,41,43,49,51,54-55,58-59H,3-14,16,18-20,22,24-40,42,44-48,50,52-53H2,1-2H3,(H,57,60)/b17-15-,23-21-,43-41+,51-49+. The molecular formula is C56H105NO3. The molecule has 60 heavy (non-hydrogen) atoms. The van der Waals surface area contributed by atoms with Crippen LogP contribution in [0.3, 0.4) is 0 Å². The van der Waals surface area contributed by atoms with Gasteiger partial charge in [-0.2, -0.15) is 0 Å². The van der Waals surface area contributed by atoms with Gasteiger partial charge in [0, 0.05) is 6.42 Å². The second kappa shape index (κ2) is 51.7. The molecule has 0 rings (SSSR count). The number of carbonyl (C=O) groups is 1. The highest BCUT2D eigenvalue weighted by molar-refractivity contribution is 5.76. The molecule has 0 fully saturated rings. The number of unbranched alkanes of at least 4 members (excludes halogenated alkanes) is 36. The average molecular weight is 840 g/mol. The molecule has 0 aliphatic carbocycles. The number of nitrogens with one attached hydrogen (secondary N) is 1. The number of hydrogen-bond donors (Lipinski definition) is 3. The summed E-state index contributed by atoms with van der Waals surface area (Å²) >= 11 is 0. The van der Waals surface area contributed by atoms with Gasteiger partial charge < -0.3 is 15.5 Å². The number of amides is 1. The summed E-state index contributed by atoms with van der Waals surface area (Å²) in [5, 5.41) is 23.1. The minimum Gasteiger partial charge on any atom is -0.394 e. The van der Waals surface area contributed by atoms with Crippen molar-refractivity contribution in [3.05, 3.63) is 48.6 Å². The zero-order valence-corrected chi connectivity index (χ0v) is 40.5. The van der Waals surface area contributed by atoms with E-state index < -0.39 is 12.1 Å². The number of aliphatic hydroxyl groups is 2. The van der Waals surface area contributed by atoms with Gasteiger partial charge >= 0.3 is 0 Å². The largest absolute Gasteiger partial charge is 0.394 e. The van der Waals surface area contributed by atoms with Crippen LogP contribution in [0.15, 0.2) is 48.6 Å². The van der Waals surface area contributed by atoms with Gasteiger partial charge in [0.25, 0.3) is 0 Å². The maximum atomic E-state index is 12.5. The summed E-state index contributed by atoms with van der Waals surface area (Å²) in [5.74, 6) is -0.0725. The second-order valence-electron chi connectivity index (χ2n) is 18.3. The topological polar surface area (TPSA) is 69.6 Å². The zero-order valence-electron chi connectivity index (χ0n) is 40.5. The highest BCUT2D eigenvalue weighted by Crippen LogP contribution is 2.16. The van der Waals surface area contributed by atoms with Crippen LogP contribution in [-0.4, -0.2) is 34.9 Å². The van der Waals surface area contributed by atoms with Gasteiger partial charge in [-0.15, -0.1) is 0 Å². The molecule has 4 heteroatoms. The minimum absolute atomic E-state index is 0.0725. The Morgan fingerprint density at radius 3 is 1.07 bits per heavy atom. The fourth-order valence-corrected chi connectivity index (χ4v) is 8.17. The molecule has 1 amide bonds. The summed E-state index contributed by atoms with van der Waals surface area (Å²) in [7, 11) is 0. The Morgan fingerprint density at radius 1 is 0.400 bits per heavy atom. The van der Waals surface area contributed by atoms with E-state index in [0.717, 1.165) is 38.5 Å². The highest BCUT2D eigenvalue weighted by atomic mass is 16.3. The summed E-state index contributed by atoms with van der Waals surface area (Å²) in [5.41, 5.74) is 0. The predicted octanol–water partition coefficient (Wildman–Crippen LogP) is 17.5. The monoisotopic (exact) mass is 840 g/mol. The molecule has 0 saturated carbocycles. The van der Waals surface area contributed by atoms with E-state index in [1.165, 1.54) is 225 Å². The Morgan fingerprint density at radius 2 is 0.700 bits per heavy atom. The van der Waals surface area contributed by atoms with Crippen LogP contribution in [0.5, 0.6) is 0 Å². The van der Waals surface area contributed by atoms with Crippen molar-refractivity contribution in [3.63, 3.8) is 0 Å². The van der Waals surface area contributed by atoms with Crippen molar-refractivity contribution in [1.29, 1.82) is 0 Å². The molecular weight excluding hydrogens is 735 g/mol. The molecule has 0 saturated heterocycles. The molecule has 0 radical (unpaired) electrons. The number of allylic oxidation sites excluding steroid dienone is 7. The summed E-state index contributed by atoms with van der Waals surface area (Å²) in [6.45, 7) is 4.31. The lowest BCUT2D eigenvalue weighted by molar-refractivity contribution is -0.123. The Bertz CT molecular complexity index is 954. The van der Waals surface area contributed by atoms with Crippen LogP contribution in [0.4, 0.5) is 0 Å². The summed E-state index contributed by atoms with van der Waals surface area (Å²) < 4.78 is 0. The molecule has 0 aromatic rings. The Balaban J connectivity index is 3.54. The third-order valence-corrected chi connectivity index (χ3v) is 12.3. The third kappa shape index (κ3) is 47.4. The van der Waals surface area contributed by atoms with E-state index in [4.69, 9.17) is 0 Å². The number of carbonyl (C=O) groups excluding carboxylic acids is 1. The molecule has 2 atom stereocenters. The van der Waals surface area contributed by atoms with Crippen molar-refractivity contribution in [2.45, 2.75) is 296 Å². The molecule has 0 aliphatic heterocycles. The molecule has 0 bridgehead atoms. The van der Waals surface area contributed by atoms with Gasteiger partial charge in [0.2, 0.25) is 5.91 Å². The number of rotatable bonds is 49. The van der Waals surface area contributed by atoms with Gasteiger partial charge in [-0.3, -0.25) is 4.79 Å². The van der Waals surface area contributed by atoms with Crippen LogP contribution < -0.4 is 5.32 Å². The second-order valence-corrected chi connectivity index (χ2v) is 18.3. The zero-order chi connectivity index (χ0) is 43.5. The van der Waals surface area contributed by atoms with Crippen LogP contribution in [0, 0.1) is 0 Å². The lowest BCUT2D eigenvalue weighted by Gasteiger charge is -2.19. The first-order valence-corrected chi connectivity index (χ1v) is 26.9. The quantitative estimate of drug-likeness (QED) is 0.0422. The van der Waals surface area contributed by atoms with Gasteiger partial charge in [-0.05, 0) is 64.2 Å². The Hall–Kier alpha value is -1.65. The van der Waals surface area contributed by atoms with E-state index in [1.54, 1.807) is 6.08 Å². The molecule has 3 N–H and O–H groups in total. The van der Waals surface area contributed by atoms with Crippen LogP contribution in [-0.2, 0) is 4.79 Å². The first kappa shape index (κ1) is 58.4. The maximum Gasteiger partial charge on any atom is 0.220 e. The van der Waals surface area contributed by atoms with Gasteiger partial charge in [0.15, 0.2) is 0 Å². The normalized spacial score (nSPS) is 13.2. The van der Waals surface area contributed by atoms with E-state index in [-0.39, 0.29) is 12.5 Å². The number of hydrogen-bond acceptors (Lipinski definition) is 3. The van der Waals surface area contributed by atoms with Crippen LogP contribution in [0.2, 0.25) is 0 Å². The third-order valence-electron chi connectivity index (χ3n) is 12.3. The van der Waals surface area contributed by atoms with E-state index in [2.05, 4.69) is 55.6 Å². The number of aliphatic hydroxyl groups excluding tert-OH is 2. The first-order chi connectivity index (χ1) is 29.7. The maximum absolute atomic E-state index is 12.5. The van der Waals surface area contributed by atoms with E-state index in [0.29, 0.717) is 6.42 Å². The van der Waals surface area contributed by atoms with Crippen LogP contribution >= 0.6 is 0 Å². The van der Waals surface area contributed by atoms with Crippen LogP contribution in [0.1, 0.15) is 284 Å². The van der Waals surface area contributed by atoms with Crippen molar-refractivity contribution >= 4 is 5.91 Å². The summed E-state index contributed by atoms with van der Waals surface area (Å²) in [6.07, 6.45) is 71.2. The van der Waals surface area contributed by atoms with Crippen molar-refractivity contribution in [2.24, 2.45) is 0 Å². The lowest BCUT2D eigenvalue weighted by atomic mass is 10.0. The molecule has 4 nitrogen and oxygen atoms in total. The van der Waals surface area contributed by atoms with E-state index >= 15 is 0 Å². The molecule has 352 valence electrons.